The van der Waals surface area contributed by atoms with Crippen LogP contribution in [0.2, 0.25) is 0 Å². The number of hydrogen-bond donors (Lipinski definition) is 1. The predicted octanol–water partition coefficient (Wildman–Crippen LogP) is 3.57. The Kier molecular flexibility index (Phi) is 4.30. The number of benzene rings is 1. The van der Waals surface area contributed by atoms with Crippen molar-refractivity contribution >= 4 is 33.0 Å². The zero-order chi connectivity index (χ0) is 16.4. The van der Waals surface area contributed by atoms with Crippen LogP contribution < -0.4 is 10.9 Å². The van der Waals surface area contributed by atoms with Gasteiger partial charge in [-0.25, -0.2) is 0 Å². The third-order valence-electron chi connectivity index (χ3n) is 3.77. The number of nitrogens with zero attached hydrogens (tertiary/aromatic N) is 1. The number of fused-ring (bicyclic) bond motifs is 1. The van der Waals surface area contributed by atoms with Crippen LogP contribution in [0.1, 0.15) is 17.4 Å². The molecule has 4 nitrogen and oxygen atoms in total. The number of hydrogen-bond acceptors (Lipinski definition) is 3. The molecule has 0 saturated heterocycles. The Labute approximate surface area is 138 Å². The van der Waals surface area contributed by atoms with E-state index in [1.165, 1.54) is 4.57 Å². The second kappa shape index (κ2) is 6.38. The third kappa shape index (κ3) is 3.19. The molecular weight excluding hydrogens is 308 g/mol. The molecule has 1 N–H and O–H groups in total. The molecule has 0 atom stereocenters. The Bertz CT molecular complexity index is 924. The molecule has 0 spiro atoms. The molecule has 1 amide bonds. The smallest absolute Gasteiger partial charge is 0.259 e. The molecular formula is C18H18N2O2S. The summed E-state index contributed by atoms with van der Waals surface area (Å²) in [6.07, 6.45) is 2.53. The van der Waals surface area contributed by atoms with Gasteiger partial charge >= 0.3 is 0 Å². The minimum Gasteiger partial charge on any atom is -0.324 e. The van der Waals surface area contributed by atoms with Gasteiger partial charge in [-0.1, -0.05) is 25.1 Å². The highest BCUT2D eigenvalue weighted by atomic mass is 32.1. The van der Waals surface area contributed by atoms with E-state index in [2.05, 4.69) is 5.32 Å². The highest BCUT2D eigenvalue weighted by molar-refractivity contribution is 7.18. The lowest BCUT2D eigenvalue weighted by molar-refractivity contribution is -0.116. The van der Waals surface area contributed by atoms with Gasteiger partial charge in [0.15, 0.2) is 0 Å². The molecule has 0 saturated carbocycles. The fourth-order valence-electron chi connectivity index (χ4n) is 2.62. The maximum absolute atomic E-state index is 12.4. The van der Waals surface area contributed by atoms with Gasteiger partial charge in [0, 0.05) is 21.5 Å². The van der Waals surface area contributed by atoms with Gasteiger partial charge in [0.05, 0.1) is 5.39 Å². The molecule has 118 valence electrons. The van der Waals surface area contributed by atoms with Gasteiger partial charge in [-0.05, 0) is 37.1 Å². The number of pyridine rings is 1. The molecule has 0 aliphatic carbocycles. The largest absolute Gasteiger partial charge is 0.324 e. The molecule has 3 rings (SSSR count). The molecule has 23 heavy (non-hydrogen) atoms. The van der Waals surface area contributed by atoms with Crippen molar-refractivity contribution in [1.29, 1.82) is 0 Å². The van der Waals surface area contributed by atoms with E-state index >= 15 is 0 Å². The number of anilines is 1. The molecule has 1 aromatic carbocycles. The second-order valence-electron chi connectivity index (χ2n) is 5.44. The number of rotatable bonds is 4. The first-order valence-corrected chi connectivity index (χ1v) is 8.37. The van der Waals surface area contributed by atoms with E-state index < -0.39 is 0 Å². The van der Waals surface area contributed by atoms with Crippen LogP contribution in [-0.4, -0.2) is 10.5 Å². The van der Waals surface area contributed by atoms with Crippen molar-refractivity contribution in [2.45, 2.75) is 26.8 Å². The quantitative estimate of drug-likeness (QED) is 0.797. The van der Waals surface area contributed by atoms with Crippen LogP contribution >= 0.6 is 11.3 Å². The average molecular weight is 326 g/mol. The summed E-state index contributed by atoms with van der Waals surface area (Å²) < 4.78 is 2.42. The zero-order valence-corrected chi connectivity index (χ0v) is 13.9. The standard InChI is InChI=1S/C18H18N2O2S/c1-3-13-6-4-5-7-15(13)19-17(21)11-20-9-8-16-14(18(20)22)10-12(2)23-16/h4-10H,3,11H2,1-2H3,(H,19,21). The number of aryl methyl sites for hydroxylation is 2. The summed E-state index contributed by atoms with van der Waals surface area (Å²) in [5.74, 6) is -0.195. The fraction of sp³-hybridized carbons (Fsp3) is 0.222. The summed E-state index contributed by atoms with van der Waals surface area (Å²) in [5.41, 5.74) is 1.77. The number of carbonyl (C=O) groups is 1. The number of amides is 1. The second-order valence-corrected chi connectivity index (χ2v) is 6.73. The molecule has 0 aliphatic rings. The van der Waals surface area contributed by atoms with Crippen molar-refractivity contribution in [1.82, 2.24) is 4.57 Å². The van der Waals surface area contributed by atoms with E-state index in [4.69, 9.17) is 0 Å². The van der Waals surface area contributed by atoms with Crippen LogP contribution in [0.5, 0.6) is 0 Å². The van der Waals surface area contributed by atoms with E-state index in [-0.39, 0.29) is 18.0 Å². The molecule has 0 radical (unpaired) electrons. The van der Waals surface area contributed by atoms with Crippen LogP contribution in [0.3, 0.4) is 0 Å². The Hall–Kier alpha value is -2.40. The Morgan fingerprint density at radius 1 is 1.26 bits per heavy atom. The third-order valence-corrected chi connectivity index (χ3v) is 4.78. The lowest BCUT2D eigenvalue weighted by atomic mass is 10.1. The van der Waals surface area contributed by atoms with Crippen LogP contribution in [0.25, 0.3) is 10.1 Å². The maximum atomic E-state index is 12.4. The van der Waals surface area contributed by atoms with Gasteiger partial charge in [0.2, 0.25) is 5.91 Å². The van der Waals surface area contributed by atoms with Crippen LogP contribution in [-0.2, 0) is 17.8 Å². The molecule has 0 unspecified atom stereocenters. The average Bonchev–Trinajstić information content (AvgIpc) is 2.92. The Morgan fingerprint density at radius 3 is 2.83 bits per heavy atom. The molecule has 0 aliphatic heterocycles. The van der Waals surface area contributed by atoms with Crippen molar-refractivity contribution in [2.24, 2.45) is 0 Å². The van der Waals surface area contributed by atoms with Gasteiger partial charge in [0.1, 0.15) is 6.54 Å². The summed E-state index contributed by atoms with van der Waals surface area (Å²) in [4.78, 5) is 25.8. The summed E-state index contributed by atoms with van der Waals surface area (Å²) in [6.45, 7) is 4.03. The summed E-state index contributed by atoms with van der Waals surface area (Å²) >= 11 is 1.59. The maximum Gasteiger partial charge on any atom is 0.259 e. The molecule has 2 heterocycles. The van der Waals surface area contributed by atoms with Crippen LogP contribution in [0.4, 0.5) is 5.69 Å². The van der Waals surface area contributed by atoms with Gasteiger partial charge < -0.3 is 9.88 Å². The van der Waals surface area contributed by atoms with E-state index in [0.717, 1.165) is 27.2 Å². The minimum atomic E-state index is -0.195. The van der Waals surface area contributed by atoms with Gasteiger partial charge in [-0.15, -0.1) is 11.3 Å². The van der Waals surface area contributed by atoms with Gasteiger partial charge in [-0.3, -0.25) is 9.59 Å². The summed E-state index contributed by atoms with van der Waals surface area (Å²) in [5, 5.41) is 3.57. The normalized spacial score (nSPS) is 10.9. The molecule has 5 heteroatoms. The molecule has 0 fully saturated rings. The topological polar surface area (TPSA) is 51.1 Å². The van der Waals surface area contributed by atoms with Crippen molar-refractivity contribution in [2.75, 3.05) is 5.32 Å². The first-order valence-electron chi connectivity index (χ1n) is 7.56. The van der Waals surface area contributed by atoms with Gasteiger partial charge in [-0.2, -0.15) is 0 Å². The first-order chi connectivity index (χ1) is 11.1. The van der Waals surface area contributed by atoms with E-state index in [1.807, 2.05) is 50.2 Å². The SMILES string of the molecule is CCc1ccccc1NC(=O)Cn1ccc2sc(C)cc2c1=O. The summed E-state index contributed by atoms with van der Waals surface area (Å²) in [6, 6.07) is 11.5. The lowest BCUT2D eigenvalue weighted by Crippen LogP contribution is -2.27. The van der Waals surface area contributed by atoms with Crippen LogP contribution in [0, 0.1) is 6.92 Å². The Morgan fingerprint density at radius 2 is 2.04 bits per heavy atom. The van der Waals surface area contributed by atoms with Crippen molar-refractivity contribution in [3.8, 4) is 0 Å². The molecule has 2 aromatic heterocycles. The number of thiophene rings is 1. The highest BCUT2D eigenvalue weighted by Gasteiger charge is 2.10. The van der Waals surface area contributed by atoms with E-state index in [1.54, 1.807) is 17.5 Å². The number of para-hydroxylation sites is 1. The van der Waals surface area contributed by atoms with E-state index in [9.17, 15) is 9.59 Å². The Balaban J connectivity index is 1.83. The molecule has 0 bridgehead atoms. The van der Waals surface area contributed by atoms with Crippen LogP contribution in [0.15, 0.2) is 47.4 Å². The predicted molar refractivity (Wildman–Crippen MR) is 95.3 cm³/mol. The highest BCUT2D eigenvalue weighted by Crippen LogP contribution is 2.21. The van der Waals surface area contributed by atoms with E-state index in [0.29, 0.717) is 5.39 Å². The van der Waals surface area contributed by atoms with Crippen molar-refractivity contribution in [3.05, 3.63) is 63.4 Å². The van der Waals surface area contributed by atoms with Crippen molar-refractivity contribution in [3.63, 3.8) is 0 Å². The molecule has 3 aromatic rings. The summed E-state index contributed by atoms with van der Waals surface area (Å²) in [7, 11) is 0. The lowest BCUT2D eigenvalue weighted by Gasteiger charge is -2.10. The number of carbonyl (C=O) groups excluding carboxylic acids is 1. The number of aromatic nitrogens is 1. The minimum absolute atomic E-state index is 0.0156. The first kappa shape index (κ1) is 15.5. The van der Waals surface area contributed by atoms with Crippen molar-refractivity contribution < 1.29 is 4.79 Å². The number of nitrogens with one attached hydrogen (secondary N) is 1. The monoisotopic (exact) mass is 326 g/mol. The zero-order valence-electron chi connectivity index (χ0n) is 13.1. The fourth-order valence-corrected chi connectivity index (χ4v) is 3.53. The van der Waals surface area contributed by atoms with Gasteiger partial charge in [0.25, 0.3) is 5.56 Å².